The van der Waals surface area contributed by atoms with Crippen molar-refractivity contribution >= 4 is 22.2 Å². The molecular formula is C26H26N2O6S. The van der Waals surface area contributed by atoms with Gasteiger partial charge in [-0.05, 0) is 61.9 Å². The van der Waals surface area contributed by atoms with Crippen LogP contribution in [0.1, 0.15) is 28.4 Å². The van der Waals surface area contributed by atoms with Crippen molar-refractivity contribution in [2.75, 3.05) is 13.2 Å². The monoisotopic (exact) mass is 494 g/mol. The van der Waals surface area contributed by atoms with E-state index in [1.54, 1.807) is 48.5 Å². The van der Waals surface area contributed by atoms with Crippen LogP contribution < -0.4 is 19.1 Å². The van der Waals surface area contributed by atoms with E-state index in [9.17, 15) is 13.2 Å². The first-order valence-corrected chi connectivity index (χ1v) is 12.2. The zero-order chi connectivity index (χ0) is 25.3. The summed E-state index contributed by atoms with van der Waals surface area (Å²) < 4.78 is 41.3. The highest BCUT2D eigenvalue weighted by atomic mass is 32.2. The van der Waals surface area contributed by atoms with Gasteiger partial charge >= 0.3 is 10.1 Å². The lowest BCUT2D eigenvalue weighted by Crippen LogP contribution is -2.17. The number of nitrogens with zero attached hydrogens (tertiary/aromatic N) is 1. The molecule has 0 aliphatic rings. The van der Waals surface area contributed by atoms with Crippen molar-refractivity contribution in [3.05, 3.63) is 96.1 Å². The summed E-state index contributed by atoms with van der Waals surface area (Å²) >= 11 is 0. The van der Waals surface area contributed by atoms with Crippen molar-refractivity contribution in [2.45, 2.75) is 18.7 Å². The first-order chi connectivity index (χ1) is 16.8. The third-order valence-electron chi connectivity index (χ3n) is 4.62. The molecule has 182 valence electrons. The van der Waals surface area contributed by atoms with Crippen molar-refractivity contribution in [2.24, 2.45) is 5.10 Å². The Morgan fingerprint density at radius 2 is 1.80 bits per heavy atom. The number of amides is 1. The molecular weight excluding hydrogens is 468 g/mol. The molecule has 0 aromatic heterocycles. The number of hydrogen-bond acceptors (Lipinski definition) is 7. The largest absolute Gasteiger partial charge is 0.490 e. The van der Waals surface area contributed by atoms with E-state index in [1.165, 1.54) is 30.5 Å². The van der Waals surface area contributed by atoms with E-state index in [-0.39, 0.29) is 10.6 Å². The highest BCUT2D eigenvalue weighted by molar-refractivity contribution is 7.87. The van der Waals surface area contributed by atoms with E-state index < -0.39 is 16.0 Å². The summed E-state index contributed by atoms with van der Waals surface area (Å²) in [5.74, 6) is 0.610. The van der Waals surface area contributed by atoms with E-state index in [1.807, 2.05) is 13.8 Å². The van der Waals surface area contributed by atoms with Crippen molar-refractivity contribution in [1.82, 2.24) is 5.43 Å². The number of carbonyl (C=O) groups excluding carboxylic acids is 1. The standard InChI is InChI=1S/C26H26N2O6S/c1-4-15-33-24-14-11-21(17-25(24)32-5-2)26(29)28-27-18-20-7-6-8-22(16-20)34-35(30,31)23-12-9-19(3)10-13-23/h4,6-14,16-18H,1,5,15H2,2-3H3,(H,28,29)/b27-18+. The number of nitrogens with one attached hydrogen (secondary N) is 1. The molecule has 0 atom stereocenters. The number of ether oxygens (including phenoxy) is 2. The second-order valence-electron chi connectivity index (χ2n) is 7.32. The first kappa shape index (κ1) is 25.5. The van der Waals surface area contributed by atoms with Crippen LogP contribution in [0.25, 0.3) is 0 Å². The van der Waals surface area contributed by atoms with Crippen molar-refractivity contribution in [3.8, 4) is 17.2 Å². The van der Waals surface area contributed by atoms with Crippen LogP contribution in [0.2, 0.25) is 0 Å². The average Bonchev–Trinajstić information content (AvgIpc) is 2.83. The van der Waals surface area contributed by atoms with Gasteiger partial charge in [-0.1, -0.05) is 42.5 Å². The zero-order valence-electron chi connectivity index (χ0n) is 19.4. The van der Waals surface area contributed by atoms with Crippen molar-refractivity contribution in [1.29, 1.82) is 0 Å². The Morgan fingerprint density at radius 1 is 1.03 bits per heavy atom. The molecule has 8 nitrogen and oxygen atoms in total. The maximum absolute atomic E-state index is 12.5. The molecule has 0 bridgehead atoms. The number of hydrazone groups is 1. The molecule has 0 aliphatic carbocycles. The molecule has 0 unspecified atom stereocenters. The second-order valence-corrected chi connectivity index (χ2v) is 8.86. The lowest BCUT2D eigenvalue weighted by Gasteiger charge is -2.12. The molecule has 35 heavy (non-hydrogen) atoms. The molecule has 0 spiro atoms. The summed E-state index contributed by atoms with van der Waals surface area (Å²) in [7, 11) is -3.98. The number of benzene rings is 3. The summed E-state index contributed by atoms with van der Waals surface area (Å²) in [6.45, 7) is 8.03. The quantitative estimate of drug-likeness (QED) is 0.182. The van der Waals surface area contributed by atoms with E-state index in [0.29, 0.717) is 35.8 Å². The molecule has 3 aromatic carbocycles. The lowest BCUT2D eigenvalue weighted by atomic mass is 10.2. The van der Waals surface area contributed by atoms with Gasteiger partial charge in [-0.2, -0.15) is 13.5 Å². The molecule has 1 N–H and O–H groups in total. The normalized spacial score (nSPS) is 11.1. The molecule has 0 heterocycles. The molecule has 9 heteroatoms. The van der Waals surface area contributed by atoms with Crippen molar-refractivity contribution in [3.63, 3.8) is 0 Å². The van der Waals surface area contributed by atoms with Gasteiger partial charge < -0.3 is 13.7 Å². The van der Waals surface area contributed by atoms with Gasteiger partial charge in [-0.25, -0.2) is 5.43 Å². The SMILES string of the molecule is C=CCOc1ccc(C(=O)N/N=C/c2cccc(OS(=O)(=O)c3ccc(C)cc3)c2)cc1OCC. The Kier molecular flexibility index (Phi) is 8.63. The maximum atomic E-state index is 12.5. The number of aryl methyl sites for hydroxylation is 1. The van der Waals surface area contributed by atoms with Crippen molar-refractivity contribution < 1.29 is 26.9 Å². The topological polar surface area (TPSA) is 103 Å². The van der Waals surface area contributed by atoms with Crippen LogP contribution in [0.5, 0.6) is 17.2 Å². The van der Waals surface area contributed by atoms with Crippen LogP contribution >= 0.6 is 0 Å². The van der Waals surface area contributed by atoms with Gasteiger partial charge in [0.05, 0.1) is 12.8 Å². The minimum atomic E-state index is -3.98. The number of carbonyl (C=O) groups is 1. The summed E-state index contributed by atoms with van der Waals surface area (Å²) in [4.78, 5) is 12.6. The van der Waals surface area contributed by atoms with Gasteiger partial charge in [0.25, 0.3) is 5.91 Å². The summed E-state index contributed by atoms with van der Waals surface area (Å²) in [5, 5.41) is 3.96. The Morgan fingerprint density at radius 3 is 2.51 bits per heavy atom. The minimum absolute atomic E-state index is 0.0572. The zero-order valence-corrected chi connectivity index (χ0v) is 20.2. The Labute approximate surface area is 205 Å². The molecule has 0 saturated carbocycles. The van der Waals surface area contributed by atoms with Gasteiger partial charge in [0.15, 0.2) is 11.5 Å². The molecule has 0 saturated heterocycles. The number of hydrogen-bond donors (Lipinski definition) is 1. The molecule has 3 aromatic rings. The predicted octanol–water partition coefficient (Wildman–Crippen LogP) is 4.49. The highest BCUT2D eigenvalue weighted by Crippen LogP contribution is 2.28. The lowest BCUT2D eigenvalue weighted by molar-refractivity contribution is 0.0954. The molecule has 0 radical (unpaired) electrons. The summed E-state index contributed by atoms with van der Waals surface area (Å²) in [6, 6.07) is 17.5. The smallest absolute Gasteiger partial charge is 0.339 e. The van der Waals surface area contributed by atoms with E-state index in [0.717, 1.165) is 5.56 Å². The van der Waals surface area contributed by atoms with Crippen LogP contribution in [0.15, 0.2) is 89.4 Å². The first-order valence-electron chi connectivity index (χ1n) is 10.8. The minimum Gasteiger partial charge on any atom is -0.490 e. The summed E-state index contributed by atoms with van der Waals surface area (Å²) in [6.07, 6.45) is 3.00. The third kappa shape index (κ3) is 7.18. The van der Waals surface area contributed by atoms with Crippen LogP contribution in [-0.2, 0) is 10.1 Å². The number of rotatable bonds is 11. The summed E-state index contributed by atoms with van der Waals surface area (Å²) in [5.41, 5.74) is 4.24. The van der Waals surface area contributed by atoms with Gasteiger partial charge in [-0.3, -0.25) is 4.79 Å². The van der Waals surface area contributed by atoms with Crippen LogP contribution in [0, 0.1) is 6.92 Å². The molecule has 0 fully saturated rings. The fourth-order valence-corrected chi connectivity index (χ4v) is 3.86. The van der Waals surface area contributed by atoms with Gasteiger partial charge in [0, 0.05) is 5.56 Å². The van der Waals surface area contributed by atoms with Crippen LogP contribution in [0.4, 0.5) is 0 Å². The van der Waals surface area contributed by atoms with E-state index >= 15 is 0 Å². The predicted molar refractivity (Wildman–Crippen MR) is 134 cm³/mol. The van der Waals surface area contributed by atoms with Gasteiger partial charge in [0.2, 0.25) is 0 Å². The molecule has 1 amide bonds. The third-order valence-corrected chi connectivity index (χ3v) is 5.88. The van der Waals surface area contributed by atoms with Crippen LogP contribution in [-0.4, -0.2) is 33.8 Å². The Balaban J connectivity index is 1.67. The van der Waals surface area contributed by atoms with Gasteiger partial charge in [-0.15, -0.1) is 0 Å². The fourth-order valence-electron chi connectivity index (χ4n) is 2.94. The second kappa shape index (κ2) is 11.8. The van der Waals surface area contributed by atoms with Crippen LogP contribution in [0.3, 0.4) is 0 Å². The fraction of sp³-hybridized carbons (Fsp3) is 0.154. The average molecular weight is 495 g/mol. The van der Waals surface area contributed by atoms with E-state index in [4.69, 9.17) is 13.7 Å². The Bertz CT molecular complexity index is 1320. The molecule has 0 aliphatic heterocycles. The maximum Gasteiger partial charge on any atom is 0.339 e. The highest BCUT2D eigenvalue weighted by Gasteiger charge is 2.16. The van der Waals surface area contributed by atoms with E-state index in [2.05, 4.69) is 17.1 Å². The Hall–Kier alpha value is -4.11. The molecule has 3 rings (SSSR count). The van der Waals surface area contributed by atoms with Gasteiger partial charge in [0.1, 0.15) is 17.3 Å².